The van der Waals surface area contributed by atoms with E-state index < -0.39 is 17.5 Å². The van der Waals surface area contributed by atoms with E-state index in [0.717, 1.165) is 10.7 Å². The van der Waals surface area contributed by atoms with E-state index in [-0.39, 0.29) is 24.8 Å². The molecule has 1 aromatic carbocycles. The molecule has 0 unspecified atom stereocenters. The van der Waals surface area contributed by atoms with Crippen LogP contribution < -0.4 is 5.69 Å². The molecule has 0 radical (unpaired) electrons. The van der Waals surface area contributed by atoms with Crippen molar-refractivity contribution < 1.29 is 14.0 Å². The van der Waals surface area contributed by atoms with Gasteiger partial charge in [-0.25, -0.2) is 18.8 Å². The van der Waals surface area contributed by atoms with Crippen LogP contribution in [-0.2, 0) is 0 Å². The lowest BCUT2D eigenvalue weighted by molar-refractivity contribution is 0.120. The Hall–Kier alpha value is -3.24. The smallest absolute Gasteiger partial charge is 0.325 e. The minimum Gasteiger partial charge on any atom is -0.325 e. The van der Waals surface area contributed by atoms with Crippen molar-refractivity contribution >= 4 is 12.1 Å². The van der Waals surface area contributed by atoms with Crippen LogP contribution in [0.15, 0.2) is 29.1 Å². The summed E-state index contributed by atoms with van der Waals surface area (Å²) in [6.07, 6.45) is 0. The quantitative estimate of drug-likeness (QED) is 0.715. The average Bonchev–Trinajstić information content (AvgIpc) is 3.09. The summed E-state index contributed by atoms with van der Waals surface area (Å²) in [5.41, 5.74) is -0.601. The largest absolute Gasteiger partial charge is 0.377 e. The Morgan fingerprint density at radius 2 is 1.71 bits per heavy atom. The van der Waals surface area contributed by atoms with Crippen LogP contribution in [0.5, 0.6) is 0 Å². The van der Waals surface area contributed by atoms with Crippen molar-refractivity contribution in [2.45, 2.75) is 13.8 Å². The molecule has 1 fully saturated rings. The molecule has 28 heavy (non-hydrogen) atoms. The number of rotatable bonds is 3. The first-order chi connectivity index (χ1) is 13.5. The molecule has 1 aliphatic rings. The van der Waals surface area contributed by atoms with E-state index >= 15 is 0 Å². The number of amides is 3. The van der Waals surface area contributed by atoms with Crippen LogP contribution in [0.2, 0.25) is 0 Å². The Morgan fingerprint density at radius 3 is 2.32 bits per heavy atom. The Bertz CT molecular complexity index is 913. The van der Waals surface area contributed by atoms with Crippen LogP contribution >= 0.6 is 0 Å². The second-order valence-electron chi connectivity index (χ2n) is 6.28. The average molecular weight is 391 g/mol. The molecule has 1 aromatic heterocycles. The van der Waals surface area contributed by atoms with Crippen LogP contribution in [0.1, 0.15) is 13.8 Å². The molecule has 1 aliphatic heterocycles. The van der Waals surface area contributed by atoms with Crippen LogP contribution in [-0.4, -0.2) is 85.8 Å². The van der Waals surface area contributed by atoms with Crippen LogP contribution in [0.4, 0.5) is 14.0 Å². The molecule has 0 atom stereocenters. The fraction of sp³-hybridized carbons (Fsp3) is 0.471. The number of carbonyl (C=O) groups excluding carboxylic acids is 2. The minimum absolute atomic E-state index is 0.0636. The minimum atomic E-state index is -0.780. The van der Waals surface area contributed by atoms with Gasteiger partial charge in [0.25, 0.3) is 0 Å². The molecule has 3 rings (SSSR count). The summed E-state index contributed by atoms with van der Waals surface area (Å²) in [6, 6.07) is 4.61. The summed E-state index contributed by atoms with van der Waals surface area (Å²) in [5, 5.41) is 7.28. The first-order valence-electron chi connectivity index (χ1n) is 9.10. The Morgan fingerprint density at radius 1 is 1.07 bits per heavy atom. The third-order valence-corrected chi connectivity index (χ3v) is 4.67. The summed E-state index contributed by atoms with van der Waals surface area (Å²) < 4.78 is 14.9. The molecule has 150 valence electrons. The predicted molar refractivity (Wildman–Crippen MR) is 97.8 cm³/mol. The van der Waals surface area contributed by atoms with E-state index in [1.54, 1.807) is 9.80 Å². The molecule has 0 N–H and O–H groups in total. The molecular formula is C17H22FN7O3. The van der Waals surface area contributed by atoms with Crippen LogP contribution in [0, 0.1) is 5.82 Å². The topological polar surface area (TPSA) is 96.6 Å². The van der Waals surface area contributed by atoms with Gasteiger partial charge in [-0.15, -0.1) is 4.68 Å². The lowest BCUT2D eigenvalue weighted by atomic mass is 10.3. The van der Waals surface area contributed by atoms with Crippen molar-refractivity contribution in [1.82, 2.24) is 34.5 Å². The van der Waals surface area contributed by atoms with Gasteiger partial charge in [0, 0.05) is 39.3 Å². The monoisotopic (exact) mass is 391 g/mol. The number of hydrogen-bond donors (Lipinski definition) is 0. The molecule has 0 bridgehead atoms. The second-order valence-corrected chi connectivity index (χ2v) is 6.28. The third-order valence-electron chi connectivity index (χ3n) is 4.67. The molecular weight excluding hydrogens is 369 g/mol. The number of tetrazole rings is 1. The fourth-order valence-corrected chi connectivity index (χ4v) is 3.05. The standard InChI is InChI=1S/C17H22FN7O3/c1-3-21(4-2)15(26)22-8-10-23(11-9-22)16(27)25-17(28)24(19-20-25)14-7-5-6-13(18)12-14/h5-7,12H,3-4,8-11H2,1-2H3. The molecule has 0 saturated carbocycles. The highest BCUT2D eigenvalue weighted by atomic mass is 19.1. The third kappa shape index (κ3) is 3.73. The van der Waals surface area contributed by atoms with Gasteiger partial charge in [-0.05, 0) is 42.5 Å². The van der Waals surface area contributed by atoms with E-state index in [4.69, 9.17) is 0 Å². The SMILES string of the molecule is CCN(CC)C(=O)N1CCN(C(=O)n2nnn(-c3cccc(F)c3)c2=O)CC1. The molecule has 2 aromatic rings. The van der Waals surface area contributed by atoms with Gasteiger partial charge >= 0.3 is 17.8 Å². The van der Waals surface area contributed by atoms with Crippen molar-refractivity contribution in [1.29, 1.82) is 0 Å². The molecule has 3 amide bonds. The first kappa shape index (κ1) is 19.5. The van der Waals surface area contributed by atoms with Crippen molar-refractivity contribution in [2.75, 3.05) is 39.3 Å². The van der Waals surface area contributed by atoms with Crippen molar-refractivity contribution in [3.05, 3.63) is 40.6 Å². The van der Waals surface area contributed by atoms with Gasteiger partial charge in [0.15, 0.2) is 0 Å². The maximum atomic E-state index is 13.4. The van der Waals surface area contributed by atoms with Gasteiger partial charge < -0.3 is 14.7 Å². The fourth-order valence-electron chi connectivity index (χ4n) is 3.05. The Balaban J connectivity index is 1.70. The highest BCUT2D eigenvalue weighted by Crippen LogP contribution is 2.08. The number of aromatic nitrogens is 4. The maximum Gasteiger partial charge on any atom is 0.377 e. The van der Waals surface area contributed by atoms with Gasteiger partial charge in [-0.2, -0.15) is 4.68 Å². The van der Waals surface area contributed by atoms with Gasteiger partial charge in [0.1, 0.15) is 5.82 Å². The Labute approximate surface area is 160 Å². The number of benzene rings is 1. The molecule has 10 nitrogen and oxygen atoms in total. The van der Waals surface area contributed by atoms with Gasteiger partial charge in [-0.3, -0.25) is 0 Å². The highest BCUT2D eigenvalue weighted by Gasteiger charge is 2.28. The zero-order valence-corrected chi connectivity index (χ0v) is 15.8. The van der Waals surface area contributed by atoms with E-state index in [9.17, 15) is 18.8 Å². The molecule has 11 heteroatoms. The predicted octanol–water partition coefficient (Wildman–Crippen LogP) is 0.616. The zero-order chi connectivity index (χ0) is 20.3. The van der Waals surface area contributed by atoms with E-state index in [2.05, 4.69) is 10.4 Å². The van der Waals surface area contributed by atoms with E-state index in [1.807, 2.05) is 13.8 Å². The molecule has 2 heterocycles. The van der Waals surface area contributed by atoms with Crippen LogP contribution in [0.3, 0.4) is 0 Å². The lowest BCUT2D eigenvalue weighted by Gasteiger charge is -2.36. The highest BCUT2D eigenvalue weighted by molar-refractivity contribution is 5.77. The molecule has 0 aliphatic carbocycles. The number of urea groups is 1. The number of piperazine rings is 1. The maximum absolute atomic E-state index is 13.4. The molecule has 1 saturated heterocycles. The number of halogens is 1. The summed E-state index contributed by atoms with van der Waals surface area (Å²) >= 11 is 0. The van der Waals surface area contributed by atoms with E-state index in [1.165, 1.54) is 23.1 Å². The summed E-state index contributed by atoms with van der Waals surface area (Å²) in [7, 11) is 0. The normalized spacial score (nSPS) is 14.2. The molecule has 0 spiro atoms. The summed E-state index contributed by atoms with van der Waals surface area (Å²) in [6.45, 7) is 6.36. The van der Waals surface area contributed by atoms with Crippen molar-refractivity contribution in [2.24, 2.45) is 0 Å². The van der Waals surface area contributed by atoms with E-state index in [0.29, 0.717) is 30.9 Å². The van der Waals surface area contributed by atoms with Crippen molar-refractivity contribution in [3.8, 4) is 5.69 Å². The van der Waals surface area contributed by atoms with Gasteiger partial charge in [-0.1, -0.05) is 6.07 Å². The Kier molecular flexibility index (Phi) is 5.71. The number of nitrogens with zero attached hydrogens (tertiary/aromatic N) is 7. The summed E-state index contributed by atoms with van der Waals surface area (Å²) in [4.78, 5) is 42.3. The van der Waals surface area contributed by atoms with Crippen molar-refractivity contribution in [3.63, 3.8) is 0 Å². The summed E-state index contributed by atoms with van der Waals surface area (Å²) in [5.74, 6) is -0.528. The lowest BCUT2D eigenvalue weighted by Crippen LogP contribution is -2.55. The van der Waals surface area contributed by atoms with Crippen LogP contribution in [0.25, 0.3) is 5.69 Å². The first-order valence-corrected chi connectivity index (χ1v) is 9.10. The number of hydrogen-bond acceptors (Lipinski definition) is 5. The zero-order valence-electron chi connectivity index (χ0n) is 15.8. The second kappa shape index (κ2) is 8.19. The van der Waals surface area contributed by atoms with Gasteiger partial charge in [0.2, 0.25) is 0 Å². The van der Waals surface area contributed by atoms with Gasteiger partial charge in [0.05, 0.1) is 5.69 Å². The number of carbonyl (C=O) groups is 2.